The van der Waals surface area contributed by atoms with E-state index in [1.807, 2.05) is 0 Å². The summed E-state index contributed by atoms with van der Waals surface area (Å²) in [5.74, 6) is -4.53. The van der Waals surface area contributed by atoms with Gasteiger partial charge >= 0.3 is 6.09 Å². The molecule has 3 aromatic heterocycles. The van der Waals surface area contributed by atoms with Crippen molar-refractivity contribution in [1.82, 2.24) is 14.8 Å². The molecule has 38 heavy (non-hydrogen) atoms. The number of benzene rings is 1. The van der Waals surface area contributed by atoms with Crippen LogP contribution in [0.2, 0.25) is 0 Å². The number of nitrogens with two attached hydrogens (primary N) is 1. The smallest absolute Gasteiger partial charge is 0.422 e. The van der Waals surface area contributed by atoms with E-state index in [4.69, 9.17) is 24.4 Å². The van der Waals surface area contributed by atoms with Gasteiger partial charge in [0.2, 0.25) is 5.78 Å². The maximum absolute atomic E-state index is 14.9. The van der Waals surface area contributed by atoms with Gasteiger partial charge in [0.25, 0.3) is 0 Å². The van der Waals surface area contributed by atoms with E-state index in [9.17, 15) is 18.4 Å². The summed E-state index contributed by atoms with van der Waals surface area (Å²) in [6.45, 7) is 5.09. The number of hydrogen-bond acceptors (Lipinski definition) is 9. The molecule has 0 saturated heterocycles. The number of aryl methyl sites for hydroxylation is 1. The van der Waals surface area contributed by atoms with E-state index < -0.39 is 34.7 Å². The molecule has 1 amide bonds. The minimum atomic E-state index is -1.21. The second kappa shape index (κ2) is 9.65. The van der Waals surface area contributed by atoms with Crippen LogP contribution in [0.5, 0.6) is 11.5 Å². The molecule has 0 fully saturated rings. The highest BCUT2D eigenvalue weighted by Crippen LogP contribution is 2.35. The van der Waals surface area contributed by atoms with Crippen LogP contribution in [0.1, 0.15) is 36.9 Å². The number of carbonyl (C=O) groups excluding carboxylic acids is 2. The third kappa shape index (κ3) is 4.82. The summed E-state index contributed by atoms with van der Waals surface area (Å²) >= 11 is 0. The van der Waals surface area contributed by atoms with Gasteiger partial charge in [-0.15, -0.1) is 0 Å². The van der Waals surface area contributed by atoms with Crippen molar-refractivity contribution in [1.29, 1.82) is 0 Å². The highest BCUT2D eigenvalue weighted by molar-refractivity contribution is 6.10. The molecule has 200 valence electrons. The molecule has 2 N–H and O–H groups in total. The lowest BCUT2D eigenvalue weighted by molar-refractivity contribution is 0.0597. The fraction of sp³-hybridized carbons (Fsp3) is 0.280. The zero-order valence-corrected chi connectivity index (χ0v) is 21.5. The van der Waals surface area contributed by atoms with Crippen molar-refractivity contribution in [3.8, 4) is 11.5 Å². The summed E-state index contributed by atoms with van der Waals surface area (Å²) in [5, 5.41) is 4.54. The highest BCUT2D eigenvalue weighted by Gasteiger charge is 2.31. The SMILES string of the molecule is COc1cc(OC)c(F)c(C(=O)c2cc3cc(N(C(=O)OC(C)(C)C)c4nn(C)cc4N)ncc3o2)c1F. The van der Waals surface area contributed by atoms with Gasteiger partial charge in [-0.2, -0.15) is 5.10 Å². The predicted octanol–water partition coefficient (Wildman–Crippen LogP) is 4.74. The number of carbonyl (C=O) groups is 2. The Hall–Kier alpha value is -4.68. The monoisotopic (exact) mass is 529 g/mol. The standard InChI is InChI=1S/C25H25F2N5O6/c1-25(2,3)38-24(34)32(23-13(28)11-31(4)30-23)18-8-12-7-16(37-17(12)10-29-18)22(33)19-20(26)14(35-5)9-15(36-6)21(19)27/h7-11H,28H2,1-6H3. The van der Waals surface area contributed by atoms with Crippen LogP contribution in [-0.4, -0.2) is 46.5 Å². The molecule has 0 aliphatic rings. The Morgan fingerprint density at radius 2 is 1.71 bits per heavy atom. The number of amides is 1. The van der Waals surface area contributed by atoms with Gasteiger partial charge in [-0.1, -0.05) is 0 Å². The van der Waals surface area contributed by atoms with Crippen LogP contribution in [-0.2, 0) is 11.8 Å². The summed E-state index contributed by atoms with van der Waals surface area (Å²) in [6.07, 6.45) is 1.95. The molecule has 0 radical (unpaired) electrons. The number of halogens is 2. The zero-order chi connectivity index (χ0) is 27.9. The molecule has 0 bridgehead atoms. The van der Waals surface area contributed by atoms with Gasteiger partial charge in [-0.25, -0.2) is 23.5 Å². The van der Waals surface area contributed by atoms with Gasteiger partial charge in [0.15, 0.2) is 40.3 Å². The molecular weight excluding hydrogens is 504 g/mol. The molecule has 4 rings (SSSR count). The quantitative estimate of drug-likeness (QED) is 0.351. The summed E-state index contributed by atoms with van der Waals surface area (Å²) in [4.78, 5) is 31.6. The van der Waals surface area contributed by atoms with Crippen LogP contribution in [0.3, 0.4) is 0 Å². The number of nitrogens with zero attached hydrogens (tertiary/aromatic N) is 4. The van der Waals surface area contributed by atoms with Gasteiger partial charge in [-0.3, -0.25) is 9.48 Å². The Morgan fingerprint density at radius 3 is 2.24 bits per heavy atom. The van der Waals surface area contributed by atoms with E-state index >= 15 is 0 Å². The summed E-state index contributed by atoms with van der Waals surface area (Å²) < 4.78 is 52.1. The van der Waals surface area contributed by atoms with Crippen LogP contribution < -0.4 is 20.1 Å². The number of furan rings is 1. The number of fused-ring (bicyclic) bond motifs is 1. The third-order valence-electron chi connectivity index (χ3n) is 5.27. The maximum Gasteiger partial charge on any atom is 0.422 e. The molecule has 0 aliphatic heterocycles. The van der Waals surface area contributed by atoms with Gasteiger partial charge < -0.3 is 24.4 Å². The van der Waals surface area contributed by atoms with E-state index in [0.717, 1.165) is 11.0 Å². The number of aromatic nitrogens is 3. The van der Waals surface area contributed by atoms with Gasteiger partial charge in [-0.05, 0) is 32.9 Å². The lowest BCUT2D eigenvalue weighted by Crippen LogP contribution is -2.35. The van der Waals surface area contributed by atoms with Gasteiger partial charge in [0.1, 0.15) is 17.0 Å². The topological polar surface area (TPSA) is 135 Å². The van der Waals surface area contributed by atoms with Crippen molar-refractivity contribution in [3.63, 3.8) is 0 Å². The number of hydrogen-bond donors (Lipinski definition) is 1. The number of ketones is 1. The first-order valence-corrected chi connectivity index (χ1v) is 11.2. The second-order valence-corrected chi connectivity index (χ2v) is 9.20. The second-order valence-electron chi connectivity index (χ2n) is 9.20. The third-order valence-corrected chi connectivity index (χ3v) is 5.27. The minimum absolute atomic E-state index is 0.0531. The first-order chi connectivity index (χ1) is 17.8. The van der Waals surface area contributed by atoms with E-state index in [1.54, 1.807) is 27.8 Å². The van der Waals surface area contributed by atoms with Crippen molar-refractivity contribution in [2.75, 3.05) is 24.9 Å². The lowest BCUT2D eigenvalue weighted by Gasteiger charge is -2.25. The Labute approximate surface area is 215 Å². The molecule has 0 spiro atoms. The number of pyridine rings is 1. The molecule has 13 heteroatoms. The van der Waals surface area contributed by atoms with E-state index in [2.05, 4.69) is 10.1 Å². The van der Waals surface area contributed by atoms with Crippen molar-refractivity contribution >= 4 is 40.2 Å². The molecule has 11 nitrogen and oxygen atoms in total. The summed E-state index contributed by atoms with van der Waals surface area (Å²) in [5.41, 5.74) is 4.61. The average molecular weight is 530 g/mol. The van der Waals surface area contributed by atoms with Crippen molar-refractivity contribution in [2.24, 2.45) is 7.05 Å². The molecule has 4 aromatic rings. The fourth-order valence-electron chi connectivity index (χ4n) is 3.64. The Kier molecular flexibility index (Phi) is 6.70. The first kappa shape index (κ1) is 26.4. The lowest BCUT2D eigenvalue weighted by atomic mass is 10.1. The Bertz CT molecular complexity index is 1530. The largest absolute Gasteiger partial charge is 0.494 e. The summed E-state index contributed by atoms with van der Waals surface area (Å²) in [6, 6.07) is 3.68. The Balaban J connectivity index is 1.80. The number of rotatable bonds is 6. The van der Waals surface area contributed by atoms with Crippen LogP contribution in [0.4, 0.5) is 30.9 Å². The zero-order valence-electron chi connectivity index (χ0n) is 21.5. The predicted molar refractivity (Wildman–Crippen MR) is 133 cm³/mol. The highest BCUT2D eigenvalue weighted by atomic mass is 19.1. The van der Waals surface area contributed by atoms with E-state index in [0.29, 0.717) is 5.39 Å². The summed E-state index contributed by atoms with van der Waals surface area (Å²) in [7, 11) is 3.97. The van der Waals surface area contributed by atoms with Crippen LogP contribution >= 0.6 is 0 Å². The van der Waals surface area contributed by atoms with Crippen molar-refractivity contribution in [3.05, 3.63) is 53.6 Å². The average Bonchev–Trinajstić information content (AvgIpc) is 3.40. The van der Waals surface area contributed by atoms with Crippen molar-refractivity contribution in [2.45, 2.75) is 26.4 Å². The maximum atomic E-state index is 14.9. The van der Waals surface area contributed by atoms with E-state index in [1.165, 1.54) is 43.4 Å². The van der Waals surface area contributed by atoms with Crippen LogP contribution in [0.25, 0.3) is 11.0 Å². The molecule has 0 saturated carbocycles. The fourth-order valence-corrected chi connectivity index (χ4v) is 3.64. The van der Waals surface area contributed by atoms with Crippen LogP contribution in [0, 0.1) is 11.6 Å². The number of ether oxygens (including phenoxy) is 3. The molecule has 0 aliphatic carbocycles. The molecule has 0 unspecified atom stereocenters. The first-order valence-electron chi connectivity index (χ1n) is 11.2. The minimum Gasteiger partial charge on any atom is -0.494 e. The van der Waals surface area contributed by atoms with E-state index in [-0.39, 0.29) is 40.2 Å². The molecule has 1 aromatic carbocycles. The number of nitrogen functional groups attached to an aromatic ring is 1. The number of methoxy groups -OCH3 is 2. The molecular formula is C25H25F2N5O6. The van der Waals surface area contributed by atoms with Crippen LogP contribution in [0.15, 0.2) is 35.0 Å². The normalized spacial score (nSPS) is 11.5. The van der Waals surface area contributed by atoms with Gasteiger partial charge in [0, 0.05) is 24.7 Å². The van der Waals surface area contributed by atoms with Crippen molar-refractivity contribution < 1.29 is 37.0 Å². The Morgan fingerprint density at radius 1 is 1.08 bits per heavy atom. The molecule has 0 atom stereocenters. The number of anilines is 3. The molecule has 3 heterocycles. The van der Waals surface area contributed by atoms with Gasteiger partial charge in [0.05, 0.1) is 26.1 Å².